The standard InChI is InChI=1S/C7H9ClN2.2ClH/c1-5(9)7-6(8)3-2-4-10-7;;/h2-5H,9H2,1H3;2*1H. The monoisotopic (exact) mass is 228 g/mol. The first-order chi connectivity index (χ1) is 4.72. The summed E-state index contributed by atoms with van der Waals surface area (Å²) in [6.07, 6.45) is 1.69. The van der Waals surface area contributed by atoms with Gasteiger partial charge in [0.1, 0.15) is 0 Å². The highest BCUT2D eigenvalue weighted by molar-refractivity contribution is 6.31. The smallest absolute Gasteiger partial charge is 0.0753 e. The first-order valence-electron chi connectivity index (χ1n) is 3.08. The Morgan fingerprint density at radius 2 is 2.08 bits per heavy atom. The number of hydrogen-bond donors (Lipinski definition) is 1. The van der Waals surface area contributed by atoms with Crippen molar-refractivity contribution in [3.8, 4) is 0 Å². The van der Waals surface area contributed by atoms with Gasteiger partial charge >= 0.3 is 0 Å². The zero-order valence-corrected chi connectivity index (χ0v) is 8.92. The zero-order chi connectivity index (χ0) is 7.56. The summed E-state index contributed by atoms with van der Waals surface area (Å²) in [6, 6.07) is 3.48. The lowest BCUT2D eigenvalue weighted by Gasteiger charge is -2.04. The van der Waals surface area contributed by atoms with Crippen LogP contribution < -0.4 is 5.73 Å². The van der Waals surface area contributed by atoms with Gasteiger partial charge < -0.3 is 5.73 Å². The van der Waals surface area contributed by atoms with Gasteiger partial charge in [0.2, 0.25) is 0 Å². The fourth-order valence-electron chi connectivity index (χ4n) is 0.733. The molecule has 0 saturated heterocycles. The minimum Gasteiger partial charge on any atom is -0.323 e. The number of rotatable bonds is 1. The largest absolute Gasteiger partial charge is 0.323 e. The highest BCUT2D eigenvalue weighted by Crippen LogP contribution is 2.16. The first kappa shape index (κ1) is 14.5. The van der Waals surface area contributed by atoms with Gasteiger partial charge in [-0.1, -0.05) is 11.6 Å². The Labute approximate surface area is 89.3 Å². The van der Waals surface area contributed by atoms with Gasteiger partial charge in [0, 0.05) is 12.2 Å². The lowest BCUT2D eigenvalue weighted by Crippen LogP contribution is -2.07. The molecule has 1 aromatic rings. The fraction of sp³-hybridized carbons (Fsp3) is 0.286. The van der Waals surface area contributed by atoms with Crippen molar-refractivity contribution in [2.45, 2.75) is 13.0 Å². The first-order valence-corrected chi connectivity index (χ1v) is 3.45. The maximum absolute atomic E-state index is 5.78. The third kappa shape index (κ3) is 3.59. The van der Waals surface area contributed by atoms with Crippen LogP contribution in [0.15, 0.2) is 18.3 Å². The maximum Gasteiger partial charge on any atom is 0.0753 e. The van der Waals surface area contributed by atoms with Crippen molar-refractivity contribution >= 4 is 36.4 Å². The van der Waals surface area contributed by atoms with Crippen LogP contribution in [-0.4, -0.2) is 4.98 Å². The summed E-state index contributed by atoms with van der Waals surface area (Å²) < 4.78 is 0. The molecule has 70 valence electrons. The van der Waals surface area contributed by atoms with E-state index in [0.717, 1.165) is 5.69 Å². The van der Waals surface area contributed by atoms with Gasteiger partial charge in [-0.25, -0.2) is 0 Å². The molecule has 1 heterocycles. The lowest BCUT2D eigenvalue weighted by molar-refractivity contribution is 0.781. The molecule has 0 radical (unpaired) electrons. The minimum atomic E-state index is -0.0892. The molecular formula is C7H11Cl3N2. The van der Waals surface area contributed by atoms with E-state index < -0.39 is 0 Å². The van der Waals surface area contributed by atoms with Crippen molar-refractivity contribution in [2.24, 2.45) is 5.73 Å². The Kier molecular flexibility index (Phi) is 7.84. The molecule has 2 N–H and O–H groups in total. The average Bonchev–Trinajstić information content (AvgIpc) is 1.88. The van der Waals surface area contributed by atoms with Crippen LogP contribution in [0.2, 0.25) is 5.02 Å². The van der Waals surface area contributed by atoms with Gasteiger partial charge in [-0.3, -0.25) is 4.98 Å². The summed E-state index contributed by atoms with van der Waals surface area (Å²) in [5, 5.41) is 0.637. The van der Waals surface area contributed by atoms with Crippen molar-refractivity contribution < 1.29 is 0 Å². The summed E-state index contributed by atoms with van der Waals surface area (Å²) in [5.74, 6) is 0. The quantitative estimate of drug-likeness (QED) is 0.804. The molecule has 0 fully saturated rings. The number of hydrogen-bond acceptors (Lipinski definition) is 2. The molecule has 1 unspecified atom stereocenters. The topological polar surface area (TPSA) is 38.9 Å². The Hall–Kier alpha value is -0.0200. The molecule has 0 saturated carbocycles. The summed E-state index contributed by atoms with van der Waals surface area (Å²) in [7, 11) is 0. The molecule has 5 heteroatoms. The second-order valence-electron chi connectivity index (χ2n) is 2.16. The molecule has 12 heavy (non-hydrogen) atoms. The van der Waals surface area contributed by atoms with Crippen LogP contribution in [0.1, 0.15) is 18.7 Å². The van der Waals surface area contributed by atoms with Crippen LogP contribution >= 0.6 is 36.4 Å². The normalized spacial score (nSPS) is 10.9. The van der Waals surface area contributed by atoms with Crippen molar-refractivity contribution in [3.05, 3.63) is 29.0 Å². The molecular weight excluding hydrogens is 218 g/mol. The predicted molar refractivity (Wildman–Crippen MR) is 56.3 cm³/mol. The van der Waals surface area contributed by atoms with E-state index in [1.54, 1.807) is 18.3 Å². The van der Waals surface area contributed by atoms with Crippen LogP contribution in [0.4, 0.5) is 0 Å². The number of nitrogens with zero attached hydrogens (tertiary/aromatic N) is 1. The van der Waals surface area contributed by atoms with Gasteiger partial charge in [0.15, 0.2) is 0 Å². The average molecular weight is 230 g/mol. The van der Waals surface area contributed by atoms with Crippen LogP contribution in [0.3, 0.4) is 0 Å². The maximum atomic E-state index is 5.78. The third-order valence-corrected chi connectivity index (χ3v) is 1.54. The van der Waals surface area contributed by atoms with E-state index in [1.165, 1.54) is 0 Å². The van der Waals surface area contributed by atoms with Crippen LogP contribution in [0.25, 0.3) is 0 Å². The minimum absolute atomic E-state index is 0. The van der Waals surface area contributed by atoms with Crippen molar-refractivity contribution in [2.75, 3.05) is 0 Å². The number of pyridine rings is 1. The molecule has 1 atom stereocenters. The number of aromatic nitrogens is 1. The summed E-state index contributed by atoms with van der Waals surface area (Å²) in [4.78, 5) is 4.02. The van der Waals surface area contributed by atoms with Gasteiger partial charge in [-0.2, -0.15) is 0 Å². The molecule has 0 aliphatic rings. The van der Waals surface area contributed by atoms with E-state index >= 15 is 0 Å². The summed E-state index contributed by atoms with van der Waals surface area (Å²) >= 11 is 5.78. The van der Waals surface area contributed by atoms with Crippen molar-refractivity contribution in [1.82, 2.24) is 4.98 Å². The summed E-state index contributed by atoms with van der Waals surface area (Å²) in [5.41, 5.74) is 6.32. The van der Waals surface area contributed by atoms with Crippen LogP contribution in [0, 0.1) is 0 Å². The van der Waals surface area contributed by atoms with E-state index in [2.05, 4.69) is 4.98 Å². The van der Waals surface area contributed by atoms with Crippen LogP contribution in [0.5, 0.6) is 0 Å². The molecule has 2 nitrogen and oxygen atoms in total. The zero-order valence-electron chi connectivity index (χ0n) is 6.53. The number of halogens is 3. The number of nitrogens with two attached hydrogens (primary N) is 1. The Balaban J connectivity index is 0. The SMILES string of the molecule is CC(N)c1ncccc1Cl.Cl.Cl. The molecule has 1 rings (SSSR count). The highest BCUT2D eigenvalue weighted by Gasteiger charge is 2.03. The van der Waals surface area contributed by atoms with Gasteiger partial charge in [0.05, 0.1) is 10.7 Å². The van der Waals surface area contributed by atoms with E-state index in [-0.39, 0.29) is 30.9 Å². The molecule has 0 spiro atoms. The second kappa shape index (κ2) is 6.49. The van der Waals surface area contributed by atoms with Crippen molar-refractivity contribution in [3.63, 3.8) is 0 Å². The van der Waals surface area contributed by atoms with Crippen molar-refractivity contribution in [1.29, 1.82) is 0 Å². The molecule has 1 aromatic heterocycles. The van der Waals surface area contributed by atoms with E-state index in [1.807, 2.05) is 6.92 Å². The predicted octanol–water partition coefficient (Wildman–Crippen LogP) is 2.60. The summed E-state index contributed by atoms with van der Waals surface area (Å²) in [6.45, 7) is 1.86. The van der Waals surface area contributed by atoms with E-state index in [0.29, 0.717) is 5.02 Å². The third-order valence-electron chi connectivity index (χ3n) is 1.22. The highest BCUT2D eigenvalue weighted by atomic mass is 35.5. The van der Waals surface area contributed by atoms with E-state index in [9.17, 15) is 0 Å². The van der Waals surface area contributed by atoms with Gasteiger partial charge in [-0.15, -0.1) is 24.8 Å². The molecule has 0 aliphatic carbocycles. The Morgan fingerprint density at radius 1 is 1.50 bits per heavy atom. The molecule has 0 bridgehead atoms. The van der Waals surface area contributed by atoms with Gasteiger partial charge in [-0.05, 0) is 19.1 Å². The van der Waals surface area contributed by atoms with Gasteiger partial charge in [0.25, 0.3) is 0 Å². The molecule has 0 aliphatic heterocycles. The molecule has 0 aromatic carbocycles. The Bertz CT molecular complexity index is 228. The Morgan fingerprint density at radius 3 is 2.42 bits per heavy atom. The van der Waals surface area contributed by atoms with Crippen LogP contribution in [-0.2, 0) is 0 Å². The fourth-order valence-corrected chi connectivity index (χ4v) is 1.03. The lowest BCUT2D eigenvalue weighted by atomic mass is 10.2. The molecule has 0 amide bonds. The second-order valence-corrected chi connectivity index (χ2v) is 2.57. The van der Waals surface area contributed by atoms with E-state index in [4.69, 9.17) is 17.3 Å².